The molecule has 3 aromatic carbocycles. The van der Waals surface area contributed by atoms with Crippen LogP contribution in [-0.4, -0.2) is 82.1 Å². The summed E-state index contributed by atoms with van der Waals surface area (Å²) in [5.74, 6) is -0.261. The topological polar surface area (TPSA) is 149 Å². The fourth-order valence-electron chi connectivity index (χ4n) is 8.35. The second kappa shape index (κ2) is 13.9. The third-order valence-electron chi connectivity index (χ3n) is 11.8. The second-order valence-electron chi connectivity index (χ2n) is 15.6. The van der Waals surface area contributed by atoms with E-state index in [0.717, 1.165) is 35.4 Å². The monoisotopic (exact) mass is 749 g/mol. The van der Waals surface area contributed by atoms with Crippen LogP contribution in [0.3, 0.4) is 0 Å². The summed E-state index contributed by atoms with van der Waals surface area (Å²) in [7, 11) is 0. The van der Waals surface area contributed by atoms with E-state index in [1.807, 2.05) is 29.2 Å². The Morgan fingerprint density at radius 1 is 0.889 bits per heavy atom. The van der Waals surface area contributed by atoms with Gasteiger partial charge in [0.2, 0.25) is 11.8 Å². The molecule has 0 bridgehead atoms. The highest BCUT2D eigenvalue weighted by atomic mass is 35.5. The van der Waals surface area contributed by atoms with Crippen LogP contribution in [0, 0.1) is 22.7 Å². The number of hydrogen-bond acceptors (Lipinski definition) is 9. The average Bonchev–Trinajstić information content (AvgIpc) is 3.66. The first-order valence-corrected chi connectivity index (χ1v) is 18.8. The molecular weight excluding hydrogens is 710 g/mol. The highest BCUT2D eigenvalue weighted by molar-refractivity contribution is 6.31. The number of nitrogens with zero attached hydrogens (tertiary/aromatic N) is 4. The van der Waals surface area contributed by atoms with Gasteiger partial charge in [0.25, 0.3) is 17.7 Å². The summed E-state index contributed by atoms with van der Waals surface area (Å²) in [6.45, 7) is 7.69. The molecule has 278 valence electrons. The van der Waals surface area contributed by atoms with E-state index in [9.17, 15) is 24.0 Å². The molecule has 13 heteroatoms. The van der Waals surface area contributed by atoms with Crippen LogP contribution >= 0.6 is 11.6 Å². The molecule has 5 aliphatic rings. The first kappa shape index (κ1) is 35.8. The van der Waals surface area contributed by atoms with Gasteiger partial charge in [-0.15, -0.1) is 0 Å². The van der Waals surface area contributed by atoms with E-state index in [2.05, 4.69) is 30.1 Å². The van der Waals surface area contributed by atoms with Gasteiger partial charge < -0.3 is 14.4 Å². The standard InChI is InChI=1S/C41H40ClN5O7/c1-41(2)34(18-35(41)54-29-8-5-25(19-43)32(42)17-29)53-28-6-3-24(4-7-28)38(50)46-13-11-23(12-14-46)20-45-21-26-15-30-31(16-27(26)22-45)40(52)47(39(30)51)33-9-10-36(48)44-37(33)49/h3-8,15-17,23,33-35H,9-14,18,20-22H2,1-2H3,(H,44,48,49)/t33?,34-,35-/m0/s1. The van der Waals surface area contributed by atoms with Gasteiger partial charge in [-0.1, -0.05) is 25.4 Å². The number of hydrogen-bond donors (Lipinski definition) is 1. The molecule has 3 fully saturated rings. The van der Waals surface area contributed by atoms with Crippen molar-refractivity contribution in [3.8, 4) is 17.6 Å². The largest absolute Gasteiger partial charge is 0.490 e. The Kier molecular flexibility index (Phi) is 9.18. The molecule has 3 aromatic rings. The number of amides is 5. The van der Waals surface area contributed by atoms with Crippen LogP contribution in [0.25, 0.3) is 0 Å². The van der Waals surface area contributed by atoms with Gasteiger partial charge in [-0.2, -0.15) is 5.26 Å². The van der Waals surface area contributed by atoms with Crippen LogP contribution in [-0.2, 0) is 22.7 Å². The number of fused-ring (bicyclic) bond motifs is 2. The van der Waals surface area contributed by atoms with Gasteiger partial charge in [0, 0.05) is 62.6 Å². The smallest absolute Gasteiger partial charge is 0.262 e. The Balaban J connectivity index is 0.802. The Morgan fingerprint density at radius 3 is 2.07 bits per heavy atom. The lowest BCUT2D eigenvalue weighted by molar-refractivity contribution is -0.136. The molecule has 4 aliphatic heterocycles. The quantitative estimate of drug-likeness (QED) is 0.310. The van der Waals surface area contributed by atoms with Crippen molar-refractivity contribution in [3.05, 3.63) is 93.0 Å². The van der Waals surface area contributed by atoms with Crippen LogP contribution in [0.2, 0.25) is 5.02 Å². The van der Waals surface area contributed by atoms with Crippen molar-refractivity contribution in [2.45, 2.75) is 77.3 Å². The fourth-order valence-corrected chi connectivity index (χ4v) is 8.56. The lowest BCUT2D eigenvalue weighted by Gasteiger charge is -2.50. The van der Waals surface area contributed by atoms with Gasteiger partial charge in [-0.05, 0) is 84.8 Å². The Morgan fingerprint density at radius 2 is 1.50 bits per heavy atom. The molecule has 0 spiro atoms. The number of benzene rings is 3. The maximum absolute atomic E-state index is 13.4. The molecule has 5 amide bonds. The summed E-state index contributed by atoms with van der Waals surface area (Å²) in [6, 6.07) is 17.1. The van der Waals surface area contributed by atoms with Gasteiger partial charge in [0.1, 0.15) is 35.8 Å². The van der Waals surface area contributed by atoms with Gasteiger partial charge in [0.05, 0.1) is 21.7 Å². The third-order valence-corrected chi connectivity index (χ3v) is 12.1. The number of likely N-dealkylation sites (tertiary alicyclic amines) is 1. The maximum Gasteiger partial charge on any atom is 0.262 e. The fraction of sp³-hybridized carbons (Fsp3) is 0.415. The van der Waals surface area contributed by atoms with Crippen LogP contribution in [0.5, 0.6) is 11.5 Å². The molecule has 3 atom stereocenters. The Bertz CT molecular complexity index is 2080. The van der Waals surface area contributed by atoms with Gasteiger partial charge in [-0.25, -0.2) is 0 Å². The normalized spacial score (nSPS) is 23.7. The zero-order chi connectivity index (χ0) is 37.9. The van der Waals surface area contributed by atoms with Crippen molar-refractivity contribution >= 4 is 41.1 Å². The zero-order valence-corrected chi connectivity index (χ0v) is 30.9. The first-order valence-electron chi connectivity index (χ1n) is 18.4. The van der Waals surface area contributed by atoms with Crippen molar-refractivity contribution in [2.24, 2.45) is 11.3 Å². The van der Waals surface area contributed by atoms with E-state index in [4.69, 9.17) is 26.3 Å². The van der Waals surface area contributed by atoms with Gasteiger partial charge >= 0.3 is 0 Å². The van der Waals surface area contributed by atoms with Crippen LogP contribution in [0.15, 0.2) is 54.6 Å². The summed E-state index contributed by atoms with van der Waals surface area (Å²) in [5, 5.41) is 11.7. The molecular formula is C41H40ClN5O7. The molecule has 8 rings (SSSR count). The highest BCUT2D eigenvalue weighted by Gasteiger charge is 2.52. The van der Waals surface area contributed by atoms with E-state index in [1.165, 1.54) is 0 Å². The minimum absolute atomic E-state index is 0.00212. The lowest BCUT2D eigenvalue weighted by Crippen LogP contribution is -2.58. The zero-order valence-electron chi connectivity index (χ0n) is 30.1. The minimum atomic E-state index is -0.976. The SMILES string of the molecule is CC1(C)[C@@H](Oc2ccc(C(=O)N3CCC(CN4Cc5cc6c(cc5C4)C(=O)N(C4CCC(=O)NC4=O)C6=O)CC3)cc2)C[C@@H]1Oc1ccc(C#N)c(Cl)c1. The number of imide groups is 2. The molecule has 1 unspecified atom stereocenters. The average molecular weight is 750 g/mol. The van der Waals surface area contributed by atoms with E-state index in [-0.39, 0.29) is 36.4 Å². The molecule has 2 saturated heterocycles. The third kappa shape index (κ3) is 6.49. The molecule has 54 heavy (non-hydrogen) atoms. The van der Waals surface area contributed by atoms with E-state index >= 15 is 0 Å². The van der Waals surface area contributed by atoms with Crippen LogP contribution < -0.4 is 14.8 Å². The Labute approximate surface area is 317 Å². The summed E-state index contributed by atoms with van der Waals surface area (Å²) in [6.07, 6.45) is 2.52. The first-order chi connectivity index (χ1) is 25.9. The molecule has 1 saturated carbocycles. The minimum Gasteiger partial charge on any atom is -0.490 e. The number of carbonyl (C=O) groups is 5. The number of halogens is 1. The molecule has 1 aliphatic carbocycles. The van der Waals surface area contributed by atoms with E-state index < -0.39 is 29.7 Å². The number of piperidine rings is 2. The van der Waals surface area contributed by atoms with Crippen LogP contribution in [0.1, 0.15) is 93.7 Å². The Hall–Kier alpha value is -5.25. The van der Waals surface area contributed by atoms with Gasteiger partial charge in [0.15, 0.2) is 0 Å². The molecule has 12 nitrogen and oxygen atoms in total. The number of carbonyl (C=O) groups excluding carboxylic acids is 5. The predicted molar refractivity (Wildman–Crippen MR) is 196 cm³/mol. The van der Waals surface area contributed by atoms with Crippen molar-refractivity contribution in [3.63, 3.8) is 0 Å². The lowest BCUT2D eigenvalue weighted by atomic mass is 9.66. The van der Waals surface area contributed by atoms with Gasteiger partial charge in [-0.3, -0.25) is 39.1 Å². The second-order valence-corrected chi connectivity index (χ2v) is 16.0. The summed E-state index contributed by atoms with van der Waals surface area (Å²) in [4.78, 5) is 69.2. The van der Waals surface area contributed by atoms with Crippen molar-refractivity contribution in [2.75, 3.05) is 19.6 Å². The van der Waals surface area contributed by atoms with Crippen molar-refractivity contribution in [1.29, 1.82) is 5.26 Å². The summed E-state index contributed by atoms with van der Waals surface area (Å²) < 4.78 is 12.5. The van der Waals surface area contributed by atoms with E-state index in [0.29, 0.717) is 77.3 Å². The highest BCUT2D eigenvalue weighted by Crippen LogP contribution is 2.45. The predicted octanol–water partition coefficient (Wildman–Crippen LogP) is 5.11. The maximum atomic E-state index is 13.4. The van der Waals surface area contributed by atoms with Crippen LogP contribution in [0.4, 0.5) is 0 Å². The number of rotatable bonds is 8. The van der Waals surface area contributed by atoms with E-state index in [1.54, 1.807) is 30.3 Å². The summed E-state index contributed by atoms with van der Waals surface area (Å²) in [5.41, 5.74) is 3.39. The molecule has 0 aromatic heterocycles. The molecule has 1 N–H and O–H groups in total. The number of nitriles is 1. The van der Waals surface area contributed by atoms with Crippen molar-refractivity contribution < 1.29 is 33.4 Å². The molecule has 4 heterocycles. The van der Waals surface area contributed by atoms with Crippen molar-refractivity contribution in [1.82, 2.24) is 20.0 Å². The summed E-state index contributed by atoms with van der Waals surface area (Å²) >= 11 is 6.18. The number of ether oxygens (including phenoxy) is 2. The molecule has 0 radical (unpaired) electrons. The number of nitrogens with one attached hydrogen (secondary N) is 1.